The number of nitrogens with zero attached hydrogens (tertiary/aromatic N) is 3. The minimum Gasteiger partial charge on any atom is -0.490 e. The number of aromatic nitrogens is 3. The first-order valence-electron chi connectivity index (χ1n) is 9.92. The molecule has 3 rings (SSSR count). The first-order valence-corrected chi connectivity index (χ1v) is 10.3. The molecule has 0 atom stereocenters. The summed E-state index contributed by atoms with van der Waals surface area (Å²) in [6, 6.07) is 3.93. The number of aryl methyl sites for hydroxylation is 1. The minimum absolute atomic E-state index is 0.571. The van der Waals surface area contributed by atoms with Crippen LogP contribution in [-0.4, -0.2) is 28.0 Å². The second kappa shape index (κ2) is 9.95. The summed E-state index contributed by atoms with van der Waals surface area (Å²) in [5.74, 6) is 3.45. The van der Waals surface area contributed by atoms with Crippen molar-refractivity contribution < 1.29 is 9.47 Å². The highest BCUT2D eigenvalue weighted by molar-refractivity contribution is 6.32. The van der Waals surface area contributed by atoms with Crippen LogP contribution in [0.15, 0.2) is 12.1 Å². The highest BCUT2D eigenvalue weighted by Gasteiger charge is 2.15. The summed E-state index contributed by atoms with van der Waals surface area (Å²) in [5, 5.41) is 12.8. The van der Waals surface area contributed by atoms with Crippen LogP contribution in [0.3, 0.4) is 0 Å². The van der Waals surface area contributed by atoms with Gasteiger partial charge in [0, 0.05) is 19.5 Å². The van der Waals surface area contributed by atoms with Gasteiger partial charge in [-0.1, -0.05) is 24.9 Å². The molecule has 1 aliphatic rings. The second-order valence-corrected chi connectivity index (χ2v) is 7.19. The van der Waals surface area contributed by atoms with Crippen LogP contribution in [-0.2, 0) is 26.1 Å². The summed E-state index contributed by atoms with van der Waals surface area (Å²) in [5.41, 5.74) is 1.06. The maximum Gasteiger partial charge on any atom is 0.179 e. The van der Waals surface area contributed by atoms with Gasteiger partial charge in [0.2, 0.25) is 0 Å². The molecule has 0 spiro atoms. The van der Waals surface area contributed by atoms with E-state index in [4.69, 9.17) is 21.1 Å². The molecule has 0 saturated heterocycles. The number of rotatable bonds is 9. The van der Waals surface area contributed by atoms with Gasteiger partial charge in [-0.2, -0.15) is 0 Å². The van der Waals surface area contributed by atoms with Crippen LogP contribution >= 0.6 is 11.6 Å². The molecular weight excluding hydrogens is 364 g/mol. The predicted octanol–water partition coefficient (Wildman–Crippen LogP) is 4.14. The zero-order valence-electron chi connectivity index (χ0n) is 16.3. The van der Waals surface area contributed by atoms with E-state index in [1.807, 2.05) is 19.1 Å². The molecule has 0 radical (unpaired) electrons. The largest absolute Gasteiger partial charge is 0.490 e. The van der Waals surface area contributed by atoms with Crippen LogP contribution in [0.4, 0.5) is 0 Å². The molecule has 2 heterocycles. The molecule has 1 aliphatic heterocycles. The molecular formula is C20H29ClN4O2. The number of hydrogen-bond acceptors (Lipinski definition) is 5. The zero-order chi connectivity index (χ0) is 19.1. The van der Waals surface area contributed by atoms with Crippen LogP contribution in [0, 0.1) is 0 Å². The summed E-state index contributed by atoms with van der Waals surface area (Å²) in [6.45, 7) is 7.59. The Morgan fingerprint density at radius 3 is 2.81 bits per heavy atom. The van der Waals surface area contributed by atoms with E-state index >= 15 is 0 Å². The molecule has 27 heavy (non-hydrogen) atoms. The smallest absolute Gasteiger partial charge is 0.179 e. The zero-order valence-corrected chi connectivity index (χ0v) is 17.0. The second-order valence-electron chi connectivity index (χ2n) is 6.78. The van der Waals surface area contributed by atoms with Crippen LogP contribution in [0.2, 0.25) is 5.02 Å². The Morgan fingerprint density at radius 2 is 2.00 bits per heavy atom. The van der Waals surface area contributed by atoms with Crippen molar-refractivity contribution in [1.29, 1.82) is 0 Å². The van der Waals surface area contributed by atoms with E-state index in [0.29, 0.717) is 42.8 Å². The Bertz CT molecular complexity index is 748. The van der Waals surface area contributed by atoms with E-state index in [1.165, 1.54) is 19.3 Å². The third kappa shape index (κ3) is 5.14. The quantitative estimate of drug-likeness (QED) is 0.695. The van der Waals surface area contributed by atoms with Crippen LogP contribution < -0.4 is 14.8 Å². The van der Waals surface area contributed by atoms with Gasteiger partial charge in [-0.25, -0.2) is 0 Å². The Balaban J connectivity index is 1.65. The van der Waals surface area contributed by atoms with Gasteiger partial charge in [0.15, 0.2) is 11.5 Å². The van der Waals surface area contributed by atoms with Crippen molar-refractivity contribution in [2.24, 2.45) is 0 Å². The third-order valence-electron chi connectivity index (χ3n) is 4.62. The van der Waals surface area contributed by atoms with Gasteiger partial charge < -0.3 is 19.4 Å². The van der Waals surface area contributed by atoms with E-state index < -0.39 is 0 Å². The number of hydrogen-bond donors (Lipinski definition) is 1. The Hall–Kier alpha value is -1.79. The molecule has 2 aromatic rings. The van der Waals surface area contributed by atoms with Crippen molar-refractivity contribution >= 4 is 11.6 Å². The lowest BCUT2D eigenvalue weighted by Crippen LogP contribution is -2.17. The first kappa shape index (κ1) is 20.0. The lowest BCUT2D eigenvalue weighted by atomic mass is 10.2. The molecule has 1 aromatic carbocycles. The van der Waals surface area contributed by atoms with Crippen molar-refractivity contribution in [3.8, 4) is 11.5 Å². The van der Waals surface area contributed by atoms with Crippen molar-refractivity contribution in [1.82, 2.24) is 20.1 Å². The average molecular weight is 393 g/mol. The molecule has 7 heteroatoms. The monoisotopic (exact) mass is 392 g/mol. The van der Waals surface area contributed by atoms with E-state index in [2.05, 4.69) is 27.0 Å². The molecule has 0 fully saturated rings. The van der Waals surface area contributed by atoms with Crippen LogP contribution in [0.5, 0.6) is 11.5 Å². The minimum atomic E-state index is 0.571. The third-order valence-corrected chi connectivity index (χ3v) is 4.90. The number of ether oxygens (including phenoxy) is 2. The summed E-state index contributed by atoms with van der Waals surface area (Å²) >= 11 is 6.44. The molecule has 0 bridgehead atoms. The maximum absolute atomic E-state index is 6.44. The molecule has 148 valence electrons. The predicted molar refractivity (Wildman–Crippen MR) is 107 cm³/mol. The molecule has 0 unspecified atom stereocenters. The lowest BCUT2D eigenvalue weighted by Gasteiger charge is -2.15. The van der Waals surface area contributed by atoms with Crippen molar-refractivity contribution in [3.05, 3.63) is 34.4 Å². The first-order chi connectivity index (χ1) is 13.2. The fraction of sp³-hybridized carbons (Fsp3) is 0.600. The average Bonchev–Trinajstić information content (AvgIpc) is 2.88. The van der Waals surface area contributed by atoms with Crippen molar-refractivity contribution in [2.75, 3.05) is 13.2 Å². The number of nitrogens with one attached hydrogen (secondary N) is 1. The van der Waals surface area contributed by atoms with Crippen LogP contribution in [0.1, 0.15) is 56.7 Å². The fourth-order valence-corrected chi connectivity index (χ4v) is 3.61. The standard InChI is InChI=1S/C20H29ClN4O2/c1-3-10-27-20-16(21)11-15(12-17(20)26-4-2)13-22-14-19-24-23-18-8-6-5-7-9-25(18)19/h11-12,22H,3-10,13-14H2,1-2H3. The summed E-state index contributed by atoms with van der Waals surface area (Å²) in [7, 11) is 0. The van der Waals surface area contributed by atoms with Gasteiger partial charge >= 0.3 is 0 Å². The Labute approximate surface area is 166 Å². The van der Waals surface area contributed by atoms with Crippen LogP contribution in [0.25, 0.3) is 0 Å². The van der Waals surface area contributed by atoms with Crippen molar-refractivity contribution in [2.45, 2.75) is 65.6 Å². The van der Waals surface area contributed by atoms with Gasteiger partial charge in [0.1, 0.15) is 11.6 Å². The Kier molecular flexibility index (Phi) is 7.35. The summed E-state index contributed by atoms with van der Waals surface area (Å²) < 4.78 is 13.8. The van der Waals surface area contributed by atoms with Gasteiger partial charge in [-0.15, -0.1) is 10.2 Å². The highest BCUT2D eigenvalue weighted by atomic mass is 35.5. The number of benzene rings is 1. The lowest BCUT2D eigenvalue weighted by molar-refractivity contribution is 0.277. The fourth-order valence-electron chi connectivity index (χ4n) is 3.33. The molecule has 6 nitrogen and oxygen atoms in total. The number of fused-ring (bicyclic) bond motifs is 1. The van der Waals surface area contributed by atoms with Crippen molar-refractivity contribution in [3.63, 3.8) is 0 Å². The van der Waals surface area contributed by atoms with E-state index in [-0.39, 0.29) is 0 Å². The van der Waals surface area contributed by atoms with Gasteiger partial charge in [-0.05, 0) is 43.9 Å². The SMILES string of the molecule is CCCOc1c(Cl)cc(CNCc2nnc3n2CCCCC3)cc1OCC. The molecule has 0 aliphatic carbocycles. The summed E-state index contributed by atoms with van der Waals surface area (Å²) in [4.78, 5) is 0. The van der Waals surface area contributed by atoms with E-state index in [0.717, 1.165) is 36.6 Å². The van der Waals surface area contributed by atoms with Gasteiger partial charge in [0.05, 0.1) is 24.8 Å². The van der Waals surface area contributed by atoms with E-state index in [1.54, 1.807) is 0 Å². The molecule has 1 aromatic heterocycles. The topological polar surface area (TPSA) is 61.2 Å². The maximum atomic E-state index is 6.44. The van der Waals surface area contributed by atoms with Gasteiger partial charge in [0.25, 0.3) is 0 Å². The highest BCUT2D eigenvalue weighted by Crippen LogP contribution is 2.36. The Morgan fingerprint density at radius 1 is 1.11 bits per heavy atom. The molecule has 0 amide bonds. The number of halogens is 1. The van der Waals surface area contributed by atoms with E-state index in [9.17, 15) is 0 Å². The molecule has 0 saturated carbocycles. The molecule has 1 N–H and O–H groups in total. The normalized spacial score (nSPS) is 13.9. The van der Waals surface area contributed by atoms with Gasteiger partial charge in [-0.3, -0.25) is 0 Å². The summed E-state index contributed by atoms with van der Waals surface area (Å²) in [6.07, 6.45) is 5.62.